The van der Waals surface area contributed by atoms with Gasteiger partial charge in [0.15, 0.2) is 0 Å². The smallest absolute Gasteiger partial charge is 0.257 e. The van der Waals surface area contributed by atoms with Gasteiger partial charge in [-0.1, -0.05) is 0 Å². The lowest BCUT2D eigenvalue weighted by atomic mass is 9.98. The molecule has 3 aliphatic rings. The molecule has 0 radical (unpaired) electrons. The second kappa shape index (κ2) is 5.83. The number of aryl methyl sites for hydroxylation is 1. The predicted octanol–water partition coefficient (Wildman–Crippen LogP) is 1.21. The Balaban J connectivity index is 1.55. The number of carbonyl (C=O) groups is 1. The summed E-state index contributed by atoms with van der Waals surface area (Å²) in [5.74, 6) is 1.29. The van der Waals surface area contributed by atoms with Crippen LogP contribution in [0.15, 0.2) is 6.20 Å². The number of hydrogen-bond donors (Lipinski definition) is 0. The van der Waals surface area contributed by atoms with E-state index < -0.39 is 0 Å². The van der Waals surface area contributed by atoms with Gasteiger partial charge in [-0.25, -0.2) is 9.97 Å². The summed E-state index contributed by atoms with van der Waals surface area (Å²) in [6, 6.07) is 0.303. The highest BCUT2D eigenvalue weighted by molar-refractivity contribution is 5.95. The summed E-state index contributed by atoms with van der Waals surface area (Å²) < 4.78 is 5.87. The van der Waals surface area contributed by atoms with Crippen LogP contribution in [0.3, 0.4) is 0 Å². The summed E-state index contributed by atoms with van der Waals surface area (Å²) in [4.78, 5) is 26.1. The highest BCUT2D eigenvalue weighted by Crippen LogP contribution is 2.40. The highest BCUT2D eigenvalue weighted by Gasteiger charge is 2.38. The van der Waals surface area contributed by atoms with Crippen molar-refractivity contribution >= 4 is 5.91 Å². The number of fused-ring (bicyclic) bond motifs is 1. The lowest BCUT2D eigenvalue weighted by Crippen LogP contribution is -2.59. The Labute approximate surface area is 136 Å². The zero-order valence-corrected chi connectivity index (χ0v) is 13.9. The van der Waals surface area contributed by atoms with Crippen LogP contribution in [0.4, 0.5) is 0 Å². The van der Waals surface area contributed by atoms with Crippen LogP contribution in [0, 0.1) is 6.92 Å². The largest absolute Gasteiger partial charge is 0.375 e. The minimum absolute atomic E-state index is 0.0873. The molecule has 23 heavy (non-hydrogen) atoms. The Morgan fingerprint density at radius 3 is 2.91 bits per heavy atom. The van der Waals surface area contributed by atoms with E-state index in [0.29, 0.717) is 17.5 Å². The Hall–Kier alpha value is -1.53. The van der Waals surface area contributed by atoms with Crippen LogP contribution in [0.25, 0.3) is 0 Å². The first kappa shape index (κ1) is 15.0. The first-order valence-corrected chi connectivity index (χ1v) is 8.58. The molecule has 1 amide bonds. The molecule has 0 aromatic carbocycles. The van der Waals surface area contributed by atoms with Gasteiger partial charge in [0, 0.05) is 31.7 Å². The quantitative estimate of drug-likeness (QED) is 0.821. The van der Waals surface area contributed by atoms with Crippen molar-refractivity contribution in [1.82, 2.24) is 19.8 Å². The molecule has 2 saturated heterocycles. The molecular weight excluding hydrogens is 292 g/mol. The van der Waals surface area contributed by atoms with Crippen LogP contribution >= 0.6 is 0 Å². The number of likely N-dealkylation sites (N-methyl/N-ethyl adjacent to an activating group) is 1. The fraction of sp³-hybridized carbons (Fsp3) is 0.706. The predicted molar refractivity (Wildman–Crippen MR) is 85.4 cm³/mol. The van der Waals surface area contributed by atoms with Gasteiger partial charge in [0.1, 0.15) is 5.82 Å². The second-order valence-electron chi connectivity index (χ2n) is 6.99. The molecule has 0 unspecified atom stereocenters. The van der Waals surface area contributed by atoms with E-state index in [1.807, 2.05) is 11.8 Å². The number of amides is 1. The molecule has 2 atom stereocenters. The van der Waals surface area contributed by atoms with Gasteiger partial charge in [-0.3, -0.25) is 9.69 Å². The number of hydrogen-bond acceptors (Lipinski definition) is 5. The molecule has 1 saturated carbocycles. The third-order valence-electron chi connectivity index (χ3n) is 5.28. The van der Waals surface area contributed by atoms with Gasteiger partial charge in [-0.2, -0.15) is 0 Å². The Kier molecular flexibility index (Phi) is 3.81. The highest BCUT2D eigenvalue weighted by atomic mass is 16.5. The van der Waals surface area contributed by atoms with E-state index >= 15 is 0 Å². The molecule has 1 aliphatic carbocycles. The van der Waals surface area contributed by atoms with Crippen LogP contribution in [0.1, 0.15) is 47.1 Å². The Bertz CT molecular complexity index is 617. The number of ether oxygens (including phenoxy) is 1. The lowest BCUT2D eigenvalue weighted by Gasteiger charge is -2.45. The van der Waals surface area contributed by atoms with Crippen molar-refractivity contribution in [2.24, 2.45) is 0 Å². The summed E-state index contributed by atoms with van der Waals surface area (Å²) in [7, 11) is 2.12. The third kappa shape index (κ3) is 2.85. The van der Waals surface area contributed by atoms with E-state index in [2.05, 4.69) is 21.9 Å². The van der Waals surface area contributed by atoms with Crippen LogP contribution in [-0.2, 0) is 4.74 Å². The maximum atomic E-state index is 13.0. The summed E-state index contributed by atoms with van der Waals surface area (Å²) in [6.07, 6.45) is 5.17. The van der Waals surface area contributed by atoms with Crippen molar-refractivity contribution in [3.05, 3.63) is 23.3 Å². The number of carbonyl (C=O) groups excluding carboxylic acids is 1. The molecule has 0 N–H and O–H groups in total. The van der Waals surface area contributed by atoms with Gasteiger partial charge in [0.25, 0.3) is 5.91 Å². The summed E-state index contributed by atoms with van der Waals surface area (Å²) >= 11 is 0. The van der Waals surface area contributed by atoms with E-state index in [1.165, 1.54) is 0 Å². The van der Waals surface area contributed by atoms with E-state index in [-0.39, 0.29) is 12.0 Å². The molecule has 1 aromatic heterocycles. The Morgan fingerprint density at radius 2 is 2.13 bits per heavy atom. The zero-order chi connectivity index (χ0) is 16.0. The maximum Gasteiger partial charge on any atom is 0.257 e. The first-order valence-electron chi connectivity index (χ1n) is 8.58. The minimum atomic E-state index is 0.0873. The summed E-state index contributed by atoms with van der Waals surface area (Å²) in [5, 5.41) is 0. The number of rotatable bonds is 2. The molecule has 0 bridgehead atoms. The number of morpholine rings is 1. The molecule has 6 nitrogen and oxygen atoms in total. The number of piperidine rings is 1. The van der Waals surface area contributed by atoms with Crippen molar-refractivity contribution in [2.75, 3.05) is 33.3 Å². The van der Waals surface area contributed by atoms with Gasteiger partial charge in [0.05, 0.1) is 30.0 Å². The number of nitrogens with zero attached hydrogens (tertiary/aromatic N) is 4. The topological polar surface area (TPSA) is 58.6 Å². The molecular formula is C17H24N4O2. The summed E-state index contributed by atoms with van der Waals surface area (Å²) in [6.45, 7) is 5.11. The van der Waals surface area contributed by atoms with E-state index in [0.717, 1.165) is 57.0 Å². The van der Waals surface area contributed by atoms with Gasteiger partial charge in [-0.05, 0) is 33.2 Å². The zero-order valence-electron chi connectivity index (χ0n) is 13.9. The number of likely N-dealkylation sites (tertiary alicyclic amines) is 1. The first-order chi connectivity index (χ1) is 11.1. The molecule has 6 heteroatoms. The number of aromatic nitrogens is 2. The second-order valence-corrected chi connectivity index (χ2v) is 6.99. The van der Waals surface area contributed by atoms with Crippen molar-refractivity contribution in [2.45, 2.75) is 44.2 Å². The molecule has 0 spiro atoms. The van der Waals surface area contributed by atoms with Gasteiger partial charge in [-0.15, -0.1) is 0 Å². The summed E-state index contributed by atoms with van der Waals surface area (Å²) in [5.41, 5.74) is 1.66. The molecule has 124 valence electrons. The lowest BCUT2D eigenvalue weighted by molar-refractivity contribution is -0.0893. The Morgan fingerprint density at radius 1 is 1.30 bits per heavy atom. The standard InChI is InChI=1S/C17H24N4O2/c1-11-18-9-13(16(19-11)12-3-4-12)17(22)21-6-5-15-14(10-21)20(2)7-8-23-15/h9,12,14-15H,3-8,10H2,1-2H3/t14-,15-/m1/s1. The van der Waals surface area contributed by atoms with Crippen molar-refractivity contribution in [3.8, 4) is 0 Å². The van der Waals surface area contributed by atoms with Gasteiger partial charge in [0.2, 0.25) is 0 Å². The average molecular weight is 316 g/mol. The van der Waals surface area contributed by atoms with Crippen LogP contribution in [0.5, 0.6) is 0 Å². The minimum Gasteiger partial charge on any atom is -0.375 e. The van der Waals surface area contributed by atoms with E-state index in [4.69, 9.17) is 4.74 Å². The van der Waals surface area contributed by atoms with Crippen LogP contribution in [-0.4, -0.2) is 71.1 Å². The van der Waals surface area contributed by atoms with Crippen LogP contribution in [0.2, 0.25) is 0 Å². The fourth-order valence-electron chi connectivity index (χ4n) is 3.72. The van der Waals surface area contributed by atoms with Crippen molar-refractivity contribution < 1.29 is 9.53 Å². The van der Waals surface area contributed by atoms with Gasteiger partial charge < -0.3 is 9.64 Å². The van der Waals surface area contributed by atoms with E-state index in [9.17, 15) is 4.79 Å². The molecule has 3 fully saturated rings. The van der Waals surface area contributed by atoms with Crippen molar-refractivity contribution in [1.29, 1.82) is 0 Å². The van der Waals surface area contributed by atoms with Gasteiger partial charge >= 0.3 is 0 Å². The average Bonchev–Trinajstić information content (AvgIpc) is 3.39. The van der Waals surface area contributed by atoms with Crippen LogP contribution < -0.4 is 0 Å². The molecule has 3 heterocycles. The SMILES string of the molecule is Cc1ncc(C(=O)N2CC[C@H]3OCCN(C)[C@@H]3C2)c(C2CC2)n1. The molecule has 4 rings (SSSR count). The molecule has 1 aromatic rings. The van der Waals surface area contributed by atoms with E-state index in [1.54, 1.807) is 6.20 Å². The maximum absolute atomic E-state index is 13.0. The third-order valence-corrected chi connectivity index (χ3v) is 5.28. The normalized spacial score (nSPS) is 28.5. The monoisotopic (exact) mass is 316 g/mol. The molecule has 2 aliphatic heterocycles. The fourth-order valence-corrected chi connectivity index (χ4v) is 3.72. The van der Waals surface area contributed by atoms with Crippen molar-refractivity contribution in [3.63, 3.8) is 0 Å².